The van der Waals surface area contributed by atoms with E-state index in [0.29, 0.717) is 16.1 Å². The number of carbonyl (C=O) groups is 1. The van der Waals surface area contributed by atoms with E-state index >= 15 is 0 Å². The van der Waals surface area contributed by atoms with Gasteiger partial charge in [-0.15, -0.1) is 0 Å². The molecular formula is C21H19ClN2O3S. The number of sulfone groups is 1. The lowest BCUT2D eigenvalue weighted by Gasteiger charge is -2.19. The number of rotatable bonds is 6. The van der Waals surface area contributed by atoms with Gasteiger partial charge in [0.1, 0.15) is 5.25 Å². The highest BCUT2D eigenvalue weighted by Crippen LogP contribution is 2.28. The second kappa shape index (κ2) is 8.54. The molecule has 7 heteroatoms. The molecule has 0 unspecified atom stereocenters. The van der Waals surface area contributed by atoms with Gasteiger partial charge in [0, 0.05) is 29.5 Å². The van der Waals surface area contributed by atoms with Gasteiger partial charge in [0.2, 0.25) is 0 Å². The Labute approximate surface area is 169 Å². The van der Waals surface area contributed by atoms with Crippen LogP contribution in [0.2, 0.25) is 5.02 Å². The molecule has 0 aliphatic heterocycles. The smallest absolute Gasteiger partial charge is 0.251 e. The van der Waals surface area contributed by atoms with E-state index in [9.17, 15) is 13.2 Å². The van der Waals surface area contributed by atoms with Crippen LogP contribution < -0.4 is 5.32 Å². The summed E-state index contributed by atoms with van der Waals surface area (Å²) in [7, 11) is -3.74. The van der Waals surface area contributed by atoms with Crippen molar-refractivity contribution in [3.63, 3.8) is 0 Å². The van der Waals surface area contributed by atoms with Gasteiger partial charge in [-0.25, -0.2) is 8.42 Å². The number of amides is 1. The normalized spacial score (nSPS) is 12.4. The molecule has 0 saturated heterocycles. The van der Waals surface area contributed by atoms with Gasteiger partial charge in [-0.3, -0.25) is 9.78 Å². The van der Waals surface area contributed by atoms with Crippen LogP contribution in [0.15, 0.2) is 78.0 Å². The summed E-state index contributed by atoms with van der Waals surface area (Å²) < 4.78 is 26.5. The van der Waals surface area contributed by atoms with Gasteiger partial charge >= 0.3 is 0 Å². The number of benzene rings is 2. The standard InChI is InChI=1S/C21H19ClN2O3S/c1-15-7-9-19(10-8-15)28(26,27)20(17-5-3-11-23-13-17)14-24-21(25)16-4-2-6-18(22)12-16/h2-13,20H,14H2,1H3,(H,24,25)/t20-/m0/s1. The van der Waals surface area contributed by atoms with Crippen molar-refractivity contribution in [2.45, 2.75) is 17.1 Å². The topological polar surface area (TPSA) is 76.1 Å². The van der Waals surface area contributed by atoms with E-state index in [1.54, 1.807) is 60.8 Å². The van der Waals surface area contributed by atoms with Crippen LogP contribution in [0.4, 0.5) is 0 Å². The first-order valence-electron chi connectivity index (χ1n) is 8.62. The molecule has 0 bridgehead atoms. The van der Waals surface area contributed by atoms with Crippen LogP contribution in [0, 0.1) is 6.92 Å². The summed E-state index contributed by atoms with van der Waals surface area (Å²) in [5.74, 6) is -0.393. The number of halogens is 1. The zero-order valence-corrected chi connectivity index (χ0v) is 16.7. The monoisotopic (exact) mass is 414 g/mol. The Balaban J connectivity index is 1.90. The summed E-state index contributed by atoms with van der Waals surface area (Å²) >= 11 is 5.93. The minimum absolute atomic E-state index is 0.0900. The number of carbonyl (C=O) groups excluding carboxylic acids is 1. The molecule has 0 spiro atoms. The van der Waals surface area contributed by atoms with Gasteiger partial charge in [0.25, 0.3) is 5.91 Å². The maximum Gasteiger partial charge on any atom is 0.251 e. The first-order chi connectivity index (χ1) is 13.4. The Bertz CT molecular complexity index is 1070. The van der Waals surface area contributed by atoms with Crippen molar-refractivity contribution in [2.24, 2.45) is 0 Å². The Morgan fingerprint density at radius 2 is 1.86 bits per heavy atom. The van der Waals surface area contributed by atoms with Gasteiger partial charge in [0.15, 0.2) is 9.84 Å². The average Bonchev–Trinajstić information content (AvgIpc) is 2.69. The molecule has 1 N–H and O–H groups in total. The van der Waals surface area contributed by atoms with Gasteiger partial charge < -0.3 is 5.32 Å². The highest BCUT2D eigenvalue weighted by atomic mass is 35.5. The van der Waals surface area contributed by atoms with Crippen LogP contribution in [0.1, 0.15) is 26.7 Å². The van der Waals surface area contributed by atoms with Gasteiger partial charge in [-0.05, 0) is 48.9 Å². The number of nitrogens with zero attached hydrogens (tertiary/aromatic N) is 1. The third-order valence-corrected chi connectivity index (χ3v) is 6.67. The maximum absolute atomic E-state index is 13.2. The Hall–Kier alpha value is -2.70. The zero-order chi connectivity index (χ0) is 20.1. The Kier molecular flexibility index (Phi) is 6.11. The van der Waals surface area contributed by atoms with Gasteiger partial charge in [-0.2, -0.15) is 0 Å². The maximum atomic E-state index is 13.2. The largest absolute Gasteiger partial charge is 0.350 e. The third-order valence-electron chi connectivity index (χ3n) is 4.32. The van der Waals surface area contributed by atoms with E-state index in [1.807, 2.05) is 6.92 Å². The molecule has 0 aliphatic carbocycles. The lowest BCUT2D eigenvalue weighted by molar-refractivity contribution is 0.0953. The minimum Gasteiger partial charge on any atom is -0.350 e. The SMILES string of the molecule is Cc1ccc(S(=O)(=O)[C@@H](CNC(=O)c2cccc(Cl)c2)c2cccnc2)cc1. The van der Waals surface area contributed by atoms with Crippen molar-refractivity contribution >= 4 is 27.3 Å². The van der Waals surface area contributed by atoms with Crippen LogP contribution in [-0.4, -0.2) is 25.9 Å². The number of pyridine rings is 1. The van der Waals surface area contributed by atoms with Crippen molar-refractivity contribution < 1.29 is 13.2 Å². The number of hydrogen-bond acceptors (Lipinski definition) is 4. The number of nitrogens with one attached hydrogen (secondary N) is 1. The van der Waals surface area contributed by atoms with Gasteiger partial charge in [0.05, 0.1) is 4.90 Å². The summed E-state index contributed by atoms with van der Waals surface area (Å²) in [6.45, 7) is 1.80. The minimum atomic E-state index is -3.74. The highest BCUT2D eigenvalue weighted by Gasteiger charge is 2.30. The van der Waals surface area contributed by atoms with E-state index in [2.05, 4.69) is 10.3 Å². The molecular weight excluding hydrogens is 396 g/mol. The molecule has 1 atom stereocenters. The fourth-order valence-corrected chi connectivity index (χ4v) is 4.62. The predicted octanol–water partition coefficient (Wildman–Crippen LogP) is 3.99. The van der Waals surface area contributed by atoms with Crippen LogP contribution in [0.25, 0.3) is 0 Å². The molecule has 2 aromatic carbocycles. The molecule has 5 nitrogen and oxygen atoms in total. The van der Waals surface area contributed by atoms with Gasteiger partial charge in [-0.1, -0.05) is 41.4 Å². The van der Waals surface area contributed by atoms with E-state index in [4.69, 9.17) is 11.6 Å². The van der Waals surface area contributed by atoms with Crippen molar-refractivity contribution in [3.05, 3.63) is 94.8 Å². The van der Waals surface area contributed by atoms with Crippen LogP contribution in [0.5, 0.6) is 0 Å². The van der Waals surface area contributed by atoms with E-state index < -0.39 is 21.0 Å². The van der Waals surface area contributed by atoms with Crippen molar-refractivity contribution in [2.75, 3.05) is 6.54 Å². The molecule has 0 saturated carbocycles. The van der Waals surface area contributed by atoms with Crippen LogP contribution in [0.3, 0.4) is 0 Å². The fraction of sp³-hybridized carbons (Fsp3) is 0.143. The molecule has 3 rings (SSSR count). The summed E-state index contributed by atoms with van der Waals surface area (Å²) in [5, 5.41) is 2.18. The first-order valence-corrected chi connectivity index (χ1v) is 10.5. The molecule has 28 heavy (non-hydrogen) atoms. The predicted molar refractivity (Wildman–Crippen MR) is 109 cm³/mol. The summed E-state index contributed by atoms with van der Waals surface area (Å²) in [5.41, 5.74) is 1.84. The second-order valence-electron chi connectivity index (χ2n) is 6.35. The lowest BCUT2D eigenvalue weighted by atomic mass is 10.2. The summed E-state index contributed by atoms with van der Waals surface area (Å²) in [4.78, 5) is 16.7. The number of aryl methyl sites for hydroxylation is 1. The number of aromatic nitrogens is 1. The lowest BCUT2D eigenvalue weighted by Crippen LogP contribution is -2.32. The van der Waals surface area contributed by atoms with Crippen LogP contribution >= 0.6 is 11.6 Å². The van der Waals surface area contributed by atoms with Crippen molar-refractivity contribution in [3.8, 4) is 0 Å². The number of hydrogen-bond donors (Lipinski definition) is 1. The summed E-state index contributed by atoms with van der Waals surface area (Å²) in [6.07, 6.45) is 3.07. The van der Waals surface area contributed by atoms with E-state index in [-0.39, 0.29) is 11.4 Å². The Morgan fingerprint density at radius 1 is 1.11 bits per heavy atom. The average molecular weight is 415 g/mol. The summed E-state index contributed by atoms with van der Waals surface area (Å²) in [6, 6.07) is 16.5. The molecule has 0 aliphatic rings. The van der Waals surface area contributed by atoms with Crippen molar-refractivity contribution in [1.29, 1.82) is 0 Å². The quantitative estimate of drug-likeness (QED) is 0.661. The zero-order valence-electron chi connectivity index (χ0n) is 15.2. The second-order valence-corrected chi connectivity index (χ2v) is 8.92. The third kappa shape index (κ3) is 4.58. The molecule has 144 valence electrons. The van der Waals surface area contributed by atoms with E-state index in [0.717, 1.165) is 5.56 Å². The highest BCUT2D eigenvalue weighted by molar-refractivity contribution is 7.91. The van der Waals surface area contributed by atoms with E-state index in [1.165, 1.54) is 12.3 Å². The molecule has 3 aromatic rings. The molecule has 1 amide bonds. The molecule has 1 heterocycles. The molecule has 0 radical (unpaired) electrons. The van der Waals surface area contributed by atoms with Crippen LogP contribution in [-0.2, 0) is 9.84 Å². The Morgan fingerprint density at radius 3 is 2.50 bits per heavy atom. The van der Waals surface area contributed by atoms with Crippen molar-refractivity contribution in [1.82, 2.24) is 10.3 Å². The molecule has 1 aromatic heterocycles. The fourth-order valence-electron chi connectivity index (χ4n) is 2.78. The molecule has 0 fully saturated rings. The first kappa shape index (κ1) is 20.0.